The zero-order chi connectivity index (χ0) is 24.2. The third-order valence-corrected chi connectivity index (χ3v) is 5.79. The van der Waals surface area contributed by atoms with E-state index in [1.54, 1.807) is 24.3 Å². The SMILES string of the molecule is Cc1nc2cc(C(=O)NCc3ccc(F)cc3)ccc2n1-c1ccc(OCc2ccccc2)cc1. The number of rotatable bonds is 7. The molecule has 1 N–H and O–H groups in total. The number of halogens is 1. The van der Waals surface area contributed by atoms with Gasteiger partial charge in [-0.25, -0.2) is 9.37 Å². The minimum absolute atomic E-state index is 0.205. The molecule has 0 saturated carbocycles. The van der Waals surface area contributed by atoms with Gasteiger partial charge < -0.3 is 10.1 Å². The Balaban J connectivity index is 1.30. The molecule has 1 aromatic heterocycles. The van der Waals surface area contributed by atoms with Gasteiger partial charge in [-0.05, 0) is 72.6 Å². The number of carbonyl (C=O) groups is 1. The van der Waals surface area contributed by atoms with Gasteiger partial charge in [-0.2, -0.15) is 0 Å². The van der Waals surface area contributed by atoms with E-state index in [1.807, 2.05) is 67.6 Å². The summed E-state index contributed by atoms with van der Waals surface area (Å²) in [6.45, 7) is 2.77. The number of amides is 1. The number of aromatic nitrogens is 2. The van der Waals surface area contributed by atoms with Gasteiger partial charge in [-0.15, -0.1) is 0 Å². The van der Waals surface area contributed by atoms with E-state index >= 15 is 0 Å². The second kappa shape index (κ2) is 9.81. The molecule has 5 rings (SSSR count). The van der Waals surface area contributed by atoms with E-state index in [0.717, 1.165) is 39.4 Å². The van der Waals surface area contributed by atoms with Crippen LogP contribution in [0.5, 0.6) is 5.75 Å². The molecule has 1 amide bonds. The van der Waals surface area contributed by atoms with Crippen LogP contribution in [0.3, 0.4) is 0 Å². The van der Waals surface area contributed by atoms with E-state index in [0.29, 0.717) is 18.7 Å². The van der Waals surface area contributed by atoms with Gasteiger partial charge in [0, 0.05) is 17.8 Å². The lowest BCUT2D eigenvalue weighted by Gasteiger charge is -2.10. The minimum atomic E-state index is -0.300. The summed E-state index contributed by atoms with van der Waals surface area (Å²) >= 11 is 0. The number of aryl methyl sites for hydroxylation is 1. The molecule has 0 fully saturated rings. The van der Waals surface area contributed by atoms with E-state index < -0.39 is 0 Å². The summed E-state index contributed by atoms with van der Waals surface area (Å²) in [4.78, 5) is 17.3. The summed E-state index contributed by atoms with van der Waals surface area (Å²) in [5.74, 6) is 1.11. The molecule has 0 radical (unpaired) electrons. The third-order valence-electron chi connectivity index (χ3n) is 5.79. The highest BCUT2D eigenvalue weighted by atomic mass is 19.1. The maximum atomic E-state index is 13.1. The van der Waals surface area contributed by atoms with Crippen LogP contribution >= 0.6 is 0 Å². The molecular formula is C29H24FN3O2. The first-order valence-electron chi connectivity index (χ1n) is 11.4. The maximum absolute atomic E-state index is 13.1. The predicted octanol–water partition coefficient (Wildman–Crippen LogP) is 5.98. The second-order valence-corrected chi connectivity index (χ2v) is 8.28. The minimum Gasteiger partial charge on any atom is -0.489 e. The van der Waals surface area contributed by atoms with Crippen LogP contribution in [0.15, 0.2) is 97.1 Å². The van der Waals surface area contributed by atoms with Gasteiger partial charge in [0.25, 0.3) is 5.91 Å². The number of nitrogens with zero attached hydrogens (tertiary/aromatic N) is 2. The first-order valence-corrected chi connectivity index (χ1v) is 11.4. The quantitative estimate of drug-likeness (QED) is 0.322. The number of carbonyl (C=O) groups excluding carboxylic acids is 1. The Labute approximate surface area is 202 Å². The Morgan fingerprint density at radius 3 is 2.40 bits per heavy atom. The number of hydrogen-bond donors (Lipinski definition) is 1. The largest absolute Gasteiger partial charge is 0.489 e. The van der Waals surface area contributed by atoms with Crippen LogP contribution in [0.4, 0.5) is 4.39 Å². The molecule has 0 spiro atoms. The van der Waals surface area contributed by atoms with E-state index in [4.69, 9.17) is 4.74 Å². The Morgan fingerprint density at radius 1 is 0.914 bits per heavy atom. The Morgan fingerprint density at radius 2 is 1.66 bits per heavy atom. The van der Waals surface area contributed by atoms with Crippen LogP contribution in [0.1, 0.15) is 27.3 Å². The molecule has 0 unspecified atom stereocenters. The highest BCUT2D eigenvalue weighted by Gasteiger charge is 2.13. The van der Waals surface area contributed by atoms with E-state index in [-0.39, 0.29) is 11.7 Å². The summed E-state index contributed by atoms with van der Waals surface area (Å²) < 4.78 is 21.0. The molecule has 0 aliphatic carbocycles. The first-order chi connectivity index (χ1) is 17.1. The van der Waals surface area contributed by atoms with Gasteiger partial charge in [-0.1, -0.05) is 42.5 Å². The third kappa shape index (κ3) is 5.06. The normalized spacial score (nSPS) is 10.9. The number of benzene rings is 4. The average molecular weight is 466 g/mol. The second-order valence-electron chi connectivity index (χ2n) is 8.28. The lowest BCUT2D eigenvalue weighted by atomic mass is 10.1. The molecule has 0 bridgehead atoms. The van der Waals surface area contributed by atoms with Crippen LogP contribution in [0.25, 0.3) is 16.7 Å². The topological polar surface area (TPSA) is 56.2 Å². The standard InChI is InChI=1S/C29H24FN3O2/c1-20-32-27-17-23(29(34)31-18-21-7-10-24(30)11-8-21)9-16-28(27)33(20)25-12-14-26(15-13-25)35-19-22-5-3-2-4-6-22/h2-17H,18-19H2,1H3,(H,31,34). The molecule has 35 heavy (non-hydrogen) atoms. The van der Waals surface area contributed by atoms with Gasteiger partial charge in [-0.3, -0.25) is 9.36 Å². The zero-order valence-electron chi connectivity index (χ0n) is 19.2. The van der Waals surface area contributed by atoms with Crippen molar-refractivity contribution in [3.8, 4) is 11.4 Å². The molecule has 0 aliphatic heterocycles. The van der Waals surface area contributed by atoms with Crippen LogP contribution in [-0.2, 0) is 13.2 Å². The molecule has 4 aromatic carbocycles. The Kier molecular flexibility index (Phi) is 6.26. The van der Waals surface area contributed by atoms with Crippen molar-refractivity contribution in [2.24, 2.45) is 0 Å². The molecule has 0 aliphatic rings. The van der Waals surface area contributed by atoms with Crippen molar-refractivity contribution < 1.29 is 13.9 Å². The number of nitrogens with one attached hydrogen (secondary N) is 1. The summed E-state index contributed by atoms with van der Waals surface area (Å²) in [6, 6.07) is 29.5. The zero-order valence-corrected chi connectivity index (χ0v) is 19.2. The number of fused-ring (bicyclic) bond motifs is 1. The molecule has 6 heteroatoms. The van der Waals surface area contributed by atoms with Crippen molar-refractivity contribution in [1.29, 1.82) is 0 Å². The average Bonchev–Trinajstić information content (AvgIpc) is 3.22. The van der Waals surface area contributed by atoms with E-state index in [1.165, 1.54) is 12.1 Å². The van der Waals surface area contributed by atoms with Crippen molar-refractivity contribution in [2.45, 2.75) is 20.1 Å². The fraction of sp³-hybridized carbons (Fsp3) is 0.103. The molecule has 174 valence electrons. The highest BCUT2D eigenvalue weighted by molar-refractivity contribution is 5.97. The Hall–Kier alpha value is -4.45. The van der Waals surface area contributed by atoms with Gasteiger partial charge >= 0.3 is 0 Å². The van der Waals surface area contributed by atoms with Gasteiger partial charge in [0.1, 0.15) is 24.0 Å². The van der Waals surface area contributed by atoms with Crippen molar-refractivity contribution in [1.82, 2.24) is 14.9 Å². The van der Waals surface area contributed by atoms with Crippen molar-refractivity contribution in [3.63, 3.8) is 0 Å². The Bertz CT molecular complexity index is 1460. The van der Waals surface area contributed by atoms with Crippen molar-refractivity contribution >= 4 is 16.9 Å². The van der Waals surface area contributed by atoms with Crippen molar-refractivity contribution in [3.05, 3.63) is 125 Å². The predicted molar refractivity (Wildman–Crippen MR) is 134 cm³/mol. The van der Waals surface area contributed by atoms with Gasteiger partial charge in [0.2, 0.25) is 0 Å². The van der Waals surface area contributed by atoms with Crippen LogP contribution in [0.2, 0.25) is 0 Å². The lowest BCUT2D eigenvalue weighted by Crippen LogP contribution is -2.22. The summed E-state index contributed by atoms with van der Waals surface area (Å²) in [6.07, 6.45) is 0. The highest BCUT2D eigenvalue weighted by Crippen LogP contribution is 2.24. The summed E-state index contributed by atoms with van der Waals surface area (Å²) in [7, 11) is 0. The number of ether oxygens (including phenoxy) is 1. The molecule has 1 heterocycles. The van der Waals surface area contributed by atoms with E-state index in [2.05, 4.69) is 14.9 Å². The molecule has 0 atom stereocenters. The fourth-order valence-electron chi connectivity index (χ4n) is 3.99. The summed E-state index contributed by atoms with van der Waals surface area (Å²) in [5.41, 5.74) is 5.08. The first kappa shape index (κ1) is 22.3. The molecular weight excluding hydrogens is 441 g/mol. The summed E-state index contributed by atoms with van der Waals surface area (Å²) in [5, 5.41) is 2.87. The fourth-order valence-corrected chi connectivity index (χ4v) is 3.99. The van der Waals surface area contributed by atoms with Crippen LogP contribution in [-0.4, -0.2) is 15.5 Å². The number of hydrogen-bond acceptors (Lipinski definition) is 3. The van der Waals surface area contributed by atoms with Crippen LogP contribution < -0.4 is 10.1 Å². The van der Waals surface area contributed by atoms with Crippen molar-refractivity contribution in [2.75, 3.05) is 0 Å². The number of imidazole rings is 1. The van der Waals surface area contributed by atoms with Gasteiger partial charge in [0.05, 0.1) is 11.0 Å². The van der Waals surface area contributed by atoms with E-state index in [9.17, 15) is 9.18 Å². The maximum Gasteiger partial charge on any atom is 0.251 e. The molecule has 0 saturated heterocycles. The lowest BCUT2D eigenvalue weighted by molar-refractivity contribution is 0.0951. The molecule has 5 nitrogen and oxygen atoms in total. The monoisotopic (exact) mass is 465 g/mol. The molecule has 5 aromatic rings. The van der Waals surface area contributed by atoms with Gasteiger partial charge in [0.15, 0.2) is 0 Å². The smallest absolute Gasteiger partial charge is 0.251 e. The van der Waals surface area contributed by atoms with Crippen LogP contribution in [0, 0.1) is 12.7 Å².